The van der Waals surface area contributed by atoms with E-state index in [1.165, 1.54) is 12.2 Å². The lowest BCUT2D eigenvalue weighted by molar-refractivity contribution is 0.304. The Kier molecular flexibility index (Phi) is 9.28. The van der Waals surface area contributed by atoms with Crippen LogP contribution >= 0.6 is 11.8 Å². The number of thioether (sulfide) groups is 1. The minimum atomic E-state index is -0.209. The average molecular weight is 275 g/mol. The molecule has 0 saturated carbocycles. The fourth-order valence-corrected chi connectivity index (χ4v) is 2.29. The Balaban J connectivity index is 3.62. The van der Waals surface area contributed by atoms with Crippen LogP contribution in [0.25, 0.3) is 0 Å². The Morgan fingerprint density at radius 3 is 2.67 bits per heavy atom. The first-order valence-corrected chi connectivity index (χ1v) is 8.03. The van der Waals surface area contributed by atoms with E-state index in [4.69, 9.17) is 10.9 Å². The number of nitrogens with two attached hydrogens (primary N) is 1. The molecular formula is C13H29N3OS. The van der Waals surface area contributed by atoms with Crippen molar-refractivity contribution in [2.45, 2.75) is 52.5 Å². The van der Waals surface area contributed by atoms with E-state index in [0.717, 1.165) is 25.8 Å². The molecule has 0 heterocycles. The Morgan fingerprint density at radius 1 is 1.44 bits per heavy atom. The Morgan fingerprint density at radius 2 is 2.11 bits per heavy atom. The molecule has 0 spiro atoms. The highest BCUT2D eigenvalue weighted by atomic mass is 32.2. The molecule has 108 valence electrons. The molecule has 0 aromatic carbocycles. The van der Waals surface area contributed by atoms with Crippen molar-refractivity contribution >= 4 is 17.6 Å². The van der Waals surface area contributed by atoms with Crippen LogP contribution in [0.3, 0.4) is 0 Å². The van der Waals surface area contributed by atoms with E-state index in [1.54, 1.807) is 0 Å². The summed E-state index contributed by atoms with van der Waals surface area (Å²) in [6.07, 6.45) is 6.53. The lowest BCUT2D eigenvalue weighted by atomic mass is 9.86. The van der Waals surface area contributed by atoms with Crippen molar-refractivity contribution in [3.05, 3.63) is 0 Å². The molecule has 4 nitrogen and oxygen atoms in total. The lowest BCUT2D eigenvalue weighted by Gasteiger charge is -2.22. The number of rotatable bonds is 10. The minimum absolute atomic E-state index is 0.209. The van der Waals surface area contributed by atoms with Gasteiger partial charge in [-0.05, 0) is 44.7 Å². The zero-order valence-corrected chi connectivity index (χ0v) is 13.0. The zero-order chi connectivity index (χ0) is 14.0. The first-order chi connectivity index (χ1) is 8.44. The second kappa shape index (κ2) is 9.50. The highest BCUT2D eigenvalue weighted by molar-refractivity contribution is 7.98. The molecule has 5 heteroatoms. The standard InChI is InChI=1S/C13H29N3OS/c1-11(7-10-18-4)15-9-6-5-8-13(2,3)12(14)16-17/h11,15,17H,5-10H2,1-4H3,(H2,14,16). The van der Waals surface area contributed by atoms with Gasteiger partial charge >= 0.3 is 0 Å². The van der Waals surface area contributed by atoms with Crippen LogP contribution in [0.15, 0.2) is 5.16 Å². The molecule has 18 heavy (non-hydrogen) atoms. The van der Waals surface area contributed by atoms with Gasteiger partial charge in [0.1, 0.15) is 5.84 Å². The number of hydrogen-bond acceptors (Lipinski definition) is 4. The van der Waals surface area contributed by atoms with Crippen molar-refractivity contribution in [3.8, 4) is 0 Å². The van der Waals surface area contributed by atoms with Crippen LogP contribution in [0.1, 0.15) is 46.5 Å². The highest BCUT2D eigenvalue weighted by Gasteiger charge is 2.22. The summed E-state index contributed by atoms with van der Waals surface area (Å²) in [4.78, 5) is 0. The molecule has 4 N–H and O–H groups in total. The summed E-state index contributed by atoms with van der Waals surface area (Å²) in [6, 6.07) is 0.592. The van der Waals surface area contributed by atoms with E-state index in [-0.39, 0.29) is 5.41 Å². The predicted molar refractivity (Wildman–Crippen MR) is 81.5 cm³/mol. The van der Waals surface area contributed by atoms with Gasteiger partial charge < -0.3 is 16.3 Å². The summed E-state index contributed by atoms with van der Waals surface area (Å²) in [5, 5.41) is 15.3. The van der Waals surface area contributed by atoms with Gasteiger partial charge in [-0.3, -0.25) is 0 Å². The van der Waals surface area contributed by atoms with Crippen LogP contribution in [-0.2, 0) is 0 Å². The van der Waals surface area contributed by atoms with Crippen molar-refractivity contribution in [2.75, 3.05) is 18.6 Å². The molecular weight excluding hydrogens is 246 g/mol. The van der Waals surface area contributed by atoms with Gasteiger partial charge in [-0.15, -0.1) is 0 Å². The molecule has 0 aliphatic rings. The van der Waals surface area contributed by atoms with Crippen molar-refractivity contribution in [2.24, 2.45) is 16.3 Å². The summed E-state index contributed by atoms with van der Waals surface area (Å²) in [5.41, 5.74) is 5.44. The molecule has 0 fully saturated rings. The van der Waals surface area contributed by atoms with E-state index in [0.29, 0.717) is 11.9 Å². The molecule has 0 amide bonds. The quantitative estimate of drug-likeness (QED) is 0.188. The maximum absolute atomic E-state index is 8.68. The molecule has 1 atom stereocenters. The minimum Gasteiger partial charge on any atom is -0.409 e. The summed E-state index contributed by atoms with van der Waals surface area (Å²) in [5.74, 6) is 1.54. The topological polar surface area (TPSA) is 70.6 Å². The SMILES string of the molecule is CSCCC(C)NCCCCC(C)(C)C(N)=NO. The second-order valence-corrected chi connectivity index (χ2v) is 6.45. The summed E-state index contributed by atoms with van der Waals surface area (Å²) >= 11 is 1.89. The summed E-state index contributed by atoms with van der Waals surface area (Å²) in [6.45, 7) is 7.30. The average Bonchev–Trinajstić information content (AvgIpc) is 2.34. The van der Waals surface area contributed by atoms with Gasteiger partial charge in [0.05, 0.1) is 0 Å². The largest absolute Gasteiger partial charge is 0.409 e. The smallest absolute Gasteiger partial charge is 0.144 e. The van der Waals surface area contributed by atoms with E-state index >= 15 is 0 Å². The van der Waals surface area contributed by atoms with E-state index < -0.39 is 0 Å². The lowest BCUT2D eigenvalue weighted by Crippen LogP contribution is -2.32. The normalized spacial score (nSPS) is 14.8. The highest BCUT2D eigenvalue weighted by Crippen LogP contribution is 2.23. The van der Waals surface area contributed by atoms with Crippen molar-refractivity contribution < 1.29 is 5.21 Å². The van der Waals surface area contributed by atoms with Crippen LogP contribution in [0, 0.1) is 5.41 Å². The maximum Gasteiger partial charge on any atom is 0.144 e. The molecule has 0 rings (SSSR count). The monoisotopic (exact) mass is 275 g/mol. The van der Waals surface area contributed by atoms with E-state index in [1.807, 2.05) is 25.6 Å². The van der Waals surface area contributed by atoms with Crippen LogP contribution in [-0.4, -0.2) is 35.6 Å². The third-order valence-electron chi connectivity index (χ3n) is 3.28. The first kappa shape index (κ1) is 17.6. The first-order valence-electron chi connectivity index (χ1n) is 6.64. The third kappa shape index (κ3) is 7.82. The number of hydrogen-bond donors (Lipinski definition) is 3. The van der Waals surface area contributed by atoms with E-state index in [9.17, 15) is 0 Å². The summed E-state index contributed by atoms with van der Waals surface area (Å²) < 4.78 is 0. The fourth-order valence-electron chi connectivity index (χ4n) is 1.70. The Bertz CT molecular complexity index is 244. The third-order valence-corrected chi connectivity index (χ3v) is 3.92. The van der Waals surface area contributed by atoms with Crippen LogP contribution in [0.4, 0.5) is 0 Å². The molecule has 0 aromatic heterocycles. The van der Waals surface area contributed by atoms with Gasteiger partial charge in [0, 0.05) is 11.5 Å². The van der Waals surface area contributed by atoms with Gasteiger partial charge in [0.2, 0.25) is 0 Å². The number of unbranched alkanes of at least 4 members (excludes halogenated alkanes) is 1. The number of amidine groups is 1. The van der Waals surface area contributed by atoms with Gasteiger partial charge in [-0.1, -0.05) is 25.4 Å². The van der Waals surface area contributed by atoms with Crippen molar-refractivity contribution in [3.63, 3.8) is 0 Å². The van der Waals surface area contributed by atoms with Gasteiger partial charge in [0.15, 0.2) is 0 Å². The van der Waals surface area contributed by atoms with Crippen LogP contribution in [0.2, 0.25) is 0 Å². The van der Waals surface area contributed by atoms with Gasteiger partial charge in [-0.25, -0.2) is 0 Å². The maximum atomic E-state index is 8.68. The van der Waals surface area contributed by atoms with Crippen LogP contribution in [0.5, 0.6) is 0 Å². The Labute approximate surface area is 116 Å². The molecule has 0 bridgehead atoms. The number of nitrogens with one attached hydrogen (secondary N) is 1. The van der Waals surface area contributed by atoms with Crippen LogP contribution < -0.4 is 11.1 Å². The molecule has 0 aromatic rings. The molecule has 1 unspecified atom stereocenters. The number of nitrogens with zero attached hydrogens (tertiary/aromatic N) is 1. The molecule has 0 radical (unpaired) electrons. The second-order valence-electron chi connectivity index (χ2n) is 5.46. The predicted octanol–water partition coefficient (Wildman–Crippen LogP) is 2.66. The number of oxime groups is 1. The Hall–Kier alpha value is -0.420. The van der Waals surface area contributed by atoms with Crippen molar-refractivity contribution in [1.82, 2.24) is 5.32 Å². The molecule has 0 aliphatic carbocycles. The van der Waals surface area contributed by atoms with Gasteiger partial charge in [-0.2, -0.15) is 11.8 Å². The zero-order valence-electron chi connectivity index (χ0n) is 12.2. The van der Waals surface area contributed by atoms with Gasteiger partial charge in [0.25, 0.3) is 0 Å². The molecule has 0 aliphatic heterocycles. The summed E-state index contributed by atoms with van der Waals surface area (Å²) in [7, 11) is 0. The van der Waals surface area contributed by atoms with E-state index in [2.05, 4.69) is 23.7 Å². The fraction of sp³-hybridized carbons (Fsp3) is 0.923. The molecule has 0 saturated heterocycles. The van der Waals surface area contributed by atoms with Crippen molar-refractivity contribution in [1.29, 1.82) is 0 Å².